The number of hydrogen-bond acceptors (Lipinski definition) is 6. The molecule has 0 radical (unpaired) electrons. The van der Waals surface area contributed by atoms with E-state index in [-0.39, 0.29) is 12.5 Å². The SMILES string of the molecule is CCCC(C)(N)CC(=O)N1CCN(CCO[N+](=O)[O-])CC1. The van der Waals surface area contributed by atoms with Crippen LogP contribution in [0.5, 0.6) is 0 Å². The van der Waals surface area contributed by atoms with Crippen molar-refractivity contribution in [3.8, 4) is 0 Å². The summed E-state index contributed by atoms with van der Waals surface area (Å²) in [5, 5.41) is 9.29. The maximum absolute atomic E-state index is 12.2. The number of rotatable bonds is 8. The van der Waals surface area contributed by atoms with Crippen molar-refractivity contribution in [1.29, 1.82) is 0 Å². The third kappa shape index (κ3) is 6.72. The summed E-state index contributed by atoms with van der Waals surface area (Å²) >= 11 is 0. The minimum atomic E-state index is -0.782. The molecule has 1 saturated heterocycles. The summed E-state index contributed by atoms with van der Waals surface area (Å²) in [5.74, 6) is 0.0923. The summed E-state index contributed by atoms with van der Waals surface area (Å²) in [5.41, 5.74) is 5.68. The lowest BCUT2D eigenvalue weighted by Crippen LogP contribution is -2.51. The zero-order chi connectivity index (χ0) is 15.9. The molecule has 1 atom stereocenters. The molecule has 1 aliphatic heterocycles. The zero-order valence-corrected chi connectivity index (χ0v) is 12.9. The Kier molecular flexibility index (Phi) is 6.83. The average Bonchev–Trinajstić information content (AvgIpc) is 2.38. The first-order chi connectivity index (χ1) is 9.84. The Morgan fingerprint density at radius 2 is 2.00 bits per heavy atom. The van der Waals surface area contributed by atoms with E-state index in [0.29, 0.717) is 39.1 Å². The molecule has 0 aromatic heterocycles. The second-order valence-electron chi connectivity index (χ2n) is 5.86. The predicted octanol–water partition coefficient (Wildman–Crippen LogP) is 0.247. The van der Waals surface area contributed by atoms with Crippen LogP contribution in [0, 0.1) is 10.1 Å². The molecule has 1 heterocycles. The van der Waals surface area contributed by atoms with E-state index in [9.17, 15) is 14.9 Å². The third-order valence-corrected chi connectivity index (χ3v) is 3.71. The topological polar surface area (TPSA) is 102 Å². The maximum Gasteiger partial charge on any atom is 0.294 e. The Labute approximate surface area is 125 Å². The highest BCUT2D eigenvalue weighted by Crippen LogP contribution is 2.16. The second kappa shape index (κ2) is 8.14. The first-order valence-electron chi connectivity index (χ1n) is 7.40. The maximum atomic E-state index is 12.2. The van der Waals surface area contributed by atoms with E-state index < -0.39 is 10.6 Å². The lowest BCUT2D eigenvalue weighted by molar-refractivity contribution is -0.757. The number of hydrogen-bond donors (Lipinski definition) is 1. The van der Waals surface area contributed by atoms with E-state index >= 15 is 0 Å². The number of amides is 1. The molecular formula is C13H26N4O4. The van der Waals surface area contributed by atoms with Crippen molar-refractivity contribution in [2.45, 2.75) is 38.6 Å². The fourth-order valence-electron chi connectivity index (χ4n) is 2.58. The van der Waals surface area contributed by atoms with Crippen LogP contribution < -0.4 is 5.73 Å². The molecule has 2 N–H and O–H groups in total. The molecule has 1 aliphatic rings. The van der Waals surface area contributed by atoms with Gasteiger partial charge in [-0.25, -0.2) is 0 Å². The molecule has 122 valence electrons. The molecule has 0 aliphatic carbocycles. The van der Waals surface area contributed by atoms with Gasteiger partial charge in [0.05, 0.1) is 0 Å². The van der Waals surface area contributed by atoms with Gasteiger partial charge >= 0.3 is 0 Å². The smallest absolute Gasteiger partial charge is 0.294 e. The Balaban J connectivity index is 2.29. The van der Waals surface area contributed by atoms with Gasteiger partial charge in [0, 0.05) is 44.7 Å². The summed E-state index contributed by atoms with van der Waals surface area (Å²) in [4.78, 5) is 30.5. The Morgan fingerprint density at radius 3 is 2.52 bits per heavy atom. The molecule has 0 aromatic rings. The van der Waals surface area contributed by atoms with Crippen LogP contribution >= 0.6 is 0 Å². The molecule has 0 aromatic carbocycles. The summed E-state index contributed by atoms with van der Waals surface area (Å²) in [6.07, 6.45) is 2.16. The van der Waals surface area contributed by atoms with Crippen molar-refractivity contribution >= 4 is 5.91 Å². The summed E-state index contributed by atoms with van der Waals surface area (Å²) in [6, 6.07) is 0. The normalized spacial score (nSPS) is 19.1. The van der Waals surface area contributed by atoms with E-state index in [1.807, 2.05) is 11.8 Å². The van der Waals surface area contributed by atoms with Crippen LogP contribution in [-0.4, -0.2) is 65.7 Å². The van der Waals surface area contributed by atoms with Crippen molar-refractivity contribution in [1.82, 2.24) is 9.80 Å². The van der Waals surface area contributed by atoms with Gasteiger partial charge in [-0.05, 0) is 13.3 Å². The van der Waals surface area contributed by atoms with Gasteiger partial charge in [-0.1, -0.05) is 13.3 Å². The van der Waals surface area contributed by atoms with Gasteiger partial charge in [0.1, 0.15) is 6.61 Å². The summed E-state index contributed by atoms with van der Waals surface area (Å²) in [6.45, 7) is 7.25. The molecule has 1 rings (SSSR count). The summed E-state index contributed by atoms with van der Waals surface area (Å²) < 4.78 is 0. The molecule has 21 heavy (non-hydrogen) atoms. The van der Waals surface area contributed by atoms with Crippen LogP contribution in [0.1, 0.15) is 33.1 Å². The first-order valence-corrected chi connectivity index (χ1v) is 7.40. The van der Waals surface area contributed by atoms with Crippen LogP contribution in [-0.2, 0) is 9.63 Å². The fourth-order valence-corrected chi connectivity index (χ4v) is 2.58. The largest absolute Gasteiger partial charge is 0.340 e. The first kappa shape index (κ1) is 17.6. The highest BCUT2D eigenvalue weighted by Gasteiger charge is 2.27. The molecule has 0 saturated carbocycles. The number of carbonyl (C=O) groups is 1. The highest BCUT2D eigenvalue weighted by molar-refractivity contribution is 5.77. The molecule has 8 heteroatoms. The lowest BCUT2D eigenvalue weighted by Gasteiger charge is -2.36. The molecule has 1 fully saturated rings. The van der Waals surface area contributed by atoms with Crippen LogP contribution in [0.3, 0.4) is 0 Å². The van der Waals surface area contributed by atoms with E-state index in [2.05, 4.69) is 16.7 Å². The standard InChI is InChI=1S/C13H26N4O4/c1-3-4-13(2,14)11-12(18)16-7-5-15(6-8-16)9-10-21-17(19)20/h3-11,14H2,1-2H3. The van der Waals surface area contributed by atoms with Crippen molar-refractivity contribution in [3.05, 3.63) is 10.1 Å². The molecule has 1 amide bonds. The molecule has 1 unspecified atom stereocenters. The van der Waals surface area contributed by atoms with E-state index in [4.69, 9.17) is 5.73 Å². The molecule has 0 spiro atoms. The minimum Gasteiger partial charge on any atom is -0.340 e. The summed E-state index contributed by atoms with van der Waals surface area (Å²) in [7, 11) is 0. The van der Waals surface area contributed by atoms with Gasteiger partial charge in [0.25, 0.3) is 5.09 Å². The number of piperazine rings is 1. The third-order valence-electron chi connectivity index (χ3n) is 3.71. The van der Waals surface area contributed by atoms with Gasteiger partial charge < -0.3 is 15.5 Å². The Hall–Kier alpha value is -1.41. The minimum absolute atomic E-state index is 0.0678. The average molecular weight is 302 g/mol. The molecule has 0 bridgehead atoms. The Morgan fingerprint density at radius 1 is 1.38 bits per heavy atom. The van der Waals surface area contributed by atoms with Gasteiger partial charge in [-0.15, -0.1) is 10.1 Å². The van der Waals surface area contributed by atoms with Gasteiger partial charge in [0.15, 0.2) is 0 Å². The van der Waals surface area contributed by atoms with Crippen LogP contribution in [0.15, 0.2) is 0 Å². The second-order valence-corrected chi connectivity index (χ2v) is 5.86. The van der Waals surface area contributed by atoms with Gasteiger partial charge in [-0.3, -0.25) is 9.69 Å². The van der Waals surface area contributed by atoms with Crippen LogP contribution in [0.25, 0.3) is 0 Å². The van der Waals surface area contributed by atoms with Crippen LogP contribution in [0.2, 0.25) is 0 Å². The lowest BCUT2D eigenvalue weighted by atomic mass is 9.93. The number of nitrogens with two attached hydrogens (primary N) is 1. The predicted molar refractivity (Wildman–Crippen MR) is 78.1 cm³/mol. The van der Waals surface area contributed by atoms with E-state index in [1.165, 1.54) is 0 Å². The van der Waals surface area contributed by atoms with E-state index in [0.717, 1.165) is 12.8 Å². The number of carbonyl (C=O) groups excluding carboxylic acids is 1. The zero-order valence-electron chi connectivity index (χ0n) is 12.9. The quantitative estimate of drug-likeness (QED) is 0.509. The van der Waals surface area contributed by atoms with Gasteiger partial charge in [-0.2, -0.15) is 0 Å². The number of nitrogens with zero attached hydrogens (tertiary/aromatic N) is 3. The fraction of sp³-hybridized carbons (Fsp3) is 0.923. The molecule has 8 nitrogen and oxygen atoms in total. The Bertz CT molecular complexity index is 354. The monoisotopic (exact) mass is 302 g/mol. The van der Waals surface area contributed by atoms with Crippen LogP contribution in [0.4, 0.5) is 0 Å². The van der Waals surface area contributed by atoms with Gasteiger partial charge in [0.2, 0.25) is 5.91 Å². The van der Waals surface area contributed by atoms with Crippen molar-refractivity contribution in [2.24, 2.45) is 5.73 Å². The van der Waals surface area contributed by atoms with Crippen molar-refractivity contribution in [3.63, 3.8) is 0 Å². The molecular weight excluding hydrogens is 276 g/mol. The van der Waals surface area contributed by atoms with E-state index in [1.54, 1.807) is 0 Å². The van der Waals surface area contributed by atoms with Crippen molar-refractivity contribution in [2.75, 3.05) is 39.3 Å². The highest BCUT2D eigenvalue weighted by atomic mass is 16.9. The van der Waals surface area contributed by atoms with Crippen molar-refractivity contribution < 1.29 is 14.7 Å².